The fourth-order valence-corrected chi connectivity index (χ4v) is 4.10. The van der Waals surface area contributed by atoms with Gasteiger partial charge in [-0.05, 0) is 31.1 Å². The molecule has 6 atom stereocenters. The van der Waals surface area contributed by atoms with Gasteiger partial charge in [0.25, 0.3) is 0 Å². The topological polar surface area (TPSA) is 63.6 Å². The number of esters is 1. The van der Waals surface area contributed by atoms with E-state index in [0.717, 1.165) is 19.3 Å². The van der Waals surface area contributed by atoms with E-state index in [4.69, 9.17) is 4.74 Å². The van der Waals surface area contributed by atoms with E-state index in [-0.39, 0.29) is 35.4 Å². The highest BCUT2D eigenvalue weighted by Crippen LogP contribution is 2.55. The maximum absolute atomic E-state index is 12.0. The summed E-state index contributed by atoms with van der Waals surface area (Å²) in [5.74, 6) is -0.520. The Kier molecular flexibility index (Phi) is 2.11. The van der Waals surface area contributed by atoms with Gasteiger partial charge in [0.1, 0.15) is 5.78 Å². The van der Waals surface area contributed by atoms with Crippen LogP contribution in [0.3, 0.4) is 0 Å². The van der Waals surface area contributed by atoms with E-state index in [2.05, 4.69) is 0 Å². The van der Waals surface area contributed by atoms with Gasteiger partial charge in [-0.2, -0.15) is 0 Å². The van der Waals surface area contributed by atoms with Crippen LogP contribution in [-0.2, 0) is 14.3 Å². The second-order valence-electron chi connectivity index (χ2n) is 5.39. The van der Waals surface area contributed by atoms with E-state index in [1.807, 2.05) is 0 Å². The maximum Gasteiger partial charge on any atom is 0.309 e. The van der Waals surface area contributed by atoms with Gasteiger partial charge in [-0.3, -0.25) is 9.59 Å². The lowest BCUT2D eigenvalue weighted by Crippen LogP contribution is -2.60. The lowest BCUT2D eigenvalue weighted by Gasteiger charge is -2.54. The normalized spacial score (nSPS) is 49.5. The third-order valence-corrected chi connectivity index (χ3v) is 4.73. The molecule has 4 bridgehead atoms. The molecule has 0 spiro atoms. The van der Waals surface area contributed by atoms with Crippen LogP contribution in [0.15, 0.2) is 0 Å². The zero-order chi connectivity index (χ0) is 11.4. The number of ketones is 1. The van der Waals surface area contributed by atoms with Gasteiger partial charge in [0.15, 0.2) is 0 Å². The van der Waals surface area contributed by atoms with Crippen LogP contribution in [0.5, 0.6) is 0 Å². The van der Waals surface area contributed by atoms with Gasteiger partial charge in [0.05, 0.1) is 25.0 Å². The molecular formula is C12H16O4. The summed E-state index contributed by atoms with van der Waals surface area (Å²) < 4.78 is 4.77. The summed E-state index contributed by atoms with van der Waals surface area (Å²) in [5.41, 5.74) is 0. The minimum Gasteiger partial charge on any atom is -0.469 e. The first-order valence-corrected chi connectivity index (χ1v) is 5.93. The number of ether oxygens (including phenoxy) is 1. The number of rotatable bonds is 1. The molecule has 0 aromatic heterocycles. The van der Waals surface area contributed by atoms with Crippen molar-refractivity contribution in [3.05, 3.63) is 0 Å². The van der Waals surface area contributed by atoms with Crippen molar-refractivity contribution in [2.75, 3.05) is 7.11 Å². The second-order valence-corrected chi connectivity index (χ2v) is 5.39. The molecule has 16 heavy (non-hydrogen) atoms. The van der Waals surface area contributed by atoms with Crippen molar-refractivity contribution in [2.45, 2.75) is 25.4 Å². The predicted octanol–water partition coefficient (Wildman–Crippen LogP) is 0.381. The summed E-state index contributed by atoms with van der Waals surface area (Å²) >= 11 is 0. The molecule has 4 heteroatoms. The van der Waals surface area contributed by atoms with Crippen LogP contribution in [0.2, 0.25) is 0 Å². The highest BCUT2D eigenvalue weighted by atomic mass is 16.5. The number of hydrogen-bond acceptors (Lipinski definition) is 4. The number of aliphatic hydroxyl groups is 1. The van der Waals surface area contributed by atoms with E-state index in [9.17, 15) is 14.7 Å². The Labute approximate surface area is 94.0 Å². The van der Waals surface area contributed by atoms with Crippen LogP contribution in [-0.4, -0.2) is 30.1 Å². The summed E-state index contributed by atoms with van der Waals surface area (Å²) in [5, 5.41) is 10.1. The molecule has 4 saturated carbocycles. The molecule has 0 radical (unpaired) electrons. The Morgan fingerprint density at radius 3 is 2.69 bits per heavy atom. The number of methoxy groups -OCH3 is 1. The first kappa shape index (κ1) is 10.3. The zero-order valence-corrected chi connectivity index (χ0v) is 9.26. The van der Waals surface area contributed by atoms with E-state index >= 15 is 0 Å². The number of carbonyl (C=O) groups is 2. The molecule has 0 aromatic rings. The monoisotopic (exact) mass is 224 g/mol. The lowest BCUT2D eigenvalue weighted by atomic mass is 9.50. The quantitative estimate of drug-likeness (QED) is 0.654. The highest BCUT2D eigenvalue weighted by molar-refractivity contribution is 5.91. The van der Waals surface area contributed by atoms with Crippen molar-refractivity contribution >= 4 is 11.8 Å². The SMILES string of the molecule is COC(=O)[C@H]1[C@@H]2C[C@H]3C[C@@H](C2)[C@@H](O)[C@@H]1C3=O. The fraction of sp³-hybridized carbons (Fsp3) is 0.833. The largest absolute Gasteiger partial charge is 0.469 e. The molecular weight excluding hydrogens is 208 g/mol. The van der Waals surface area contributed by atoms with Crippen LogP contribution < -0.4 is 0 Å². The lowest BCUT2D eigenvalue weighted by molar-refractivity contribution is -0.181. The summed E-state index contributed by atoms with van der Waals surface area (Å²) in [6.45, 7) is 0. The molecule has 4 fully saturated rings. The number of aliphatic hydroxyl groups excluding tert-OH is 1. The van der Waals surface area contributed by atoms with Gasteiger partial charge in [-0.25, -0.2) is 0 Å². The van der Waals surface area contributed by atoms with E-state index < -0.39 is 12.0 Å². The molecule has 0 aliphatic heterocycles. The predicted molar refractivity (Wildman–Crippen MR) is 54.3 cm³/mol. The van der Waals surface area contributed by atoms with Gasteiger partial charge in [-0.1, -0.05) is 0 Å². The van der Waals surface area contributed by atoms with Crippen LogP contribution in [0, 0.1) is 29.6 Å². The maximum atomic E-state index is 12.0. The summed E-state index contributed by atoms with van der Waals surface area (Å²) in [6.07, 6.45) is 1.89. The van der Waals surface area contributed by atoms with Crippen LogP contribution in [0.4, 0.5) is 0 Å². The van der Waals surface area contributed by atoms with E-state index in [0.29, 0.717) is 0 Å². The third kappa shape index (κ3) is 1.14. The van der Waals surface area contributed by atoms with Crippen molar-refractivity contribution < 1.29 is 19.4 Å². The Bertz CT molecular complexity index is 351. The molecule has 1 N–H and O–H groups in total. The smallest absolute Gasteiger partial charge is 0.309 e. The first-order chi connectivity index (χ1) is 7.63. The van der Waals surface area contributed by atoms with E-state index in [1.54, 1.807) is 0 Å². The summed E-state index contributed by atoms with van der Waals surface area (Å²) in [6, 6.07) is 0. The van der Waals surface area contributed by atoms with Crippen LogP contribution in [0.25, 0.3) is 0 Å². The minimum atomic E-state index is -0.621. The fourth-order valence-electron chi connectivity index (χ4n) is 4.10. The van der Waals surface area contributed by atoms with Gasteiger partial charge in [-0.15, -0.1) is 0 Å². The minimum absolute atomic E-state index is 0.0927. The molecule has 4 nitrogen and oxygen atoms in total. The Hall–Kier alpha value is -0.900. The van der Waals surface area contributed by atoms with Crippen molar-refractivity contribution in [3.8, 4) is 0 Å². The molecule has 0 aromatic carbocycles. The van der Waals surface area contributed by atoms with Crippen molar-refractivity contribution in [1.82, 2.24) is 0 Å². The zero-order valence-electron chi connectivity index (χ0n) is 9.26. The number of Topliss-reactive ketones (excluding diaryl/α,β-unsaturated/α-hetero) is 1. The Morgan fingerprint density at radius 2 is 2.00 bits per heavy atom. The van der Waals surface area contributed by atoms with Crippen LogP contribution in [0.1, 0.15) is 19.3 Å². The number of carbonyl (C=O) groups excluding carboxylic acids is 2. The van der Waals surface area contributed by atoms with Gasteiger partial charge < -0.3 is 9.84 Å². The molecule has 4 rings (SSSR count). The van der Waals surface area contributed by atoms with E-state index in [1.165, 1.54) is 7.11 Å². The standard InChI is InChI=1S/C12H16O4/c1-16-12(15)8-5-2-6-4-7(3-5)11(14)9(8)10(6)13/h5-10,13H,2-4H2,1H3/t5-,6+,7-,8-,9+,10+/m0/s1. The third-order valence-electron chi connectivity index (χ3n) is 4.73. The number of hydrogen-bond donors (Lipinski definition) is 1. The van der Waals surface area contributed by atoms with Gasteiger partial charge >= 0.3 is 5.97 Å². The van der Waals surface area contributed by atoms with Gasteiger partial charge in [0, 0.05) is 5.92 Å². The van der Waals surface area contributed by atoms with Crippen molar-refractivity contribution in [1.29, 1.82) is 0 Å². The average Bonchev–Trinajstić information content (AvgIpc) is 2.29. The highest BCUT2D eigenvalue weighted by Gasteiger charge is 2.60. The molecule has 88 valence electrons. The first-order valence-electron chi connectivity index (χ1n) is 5.93. The van der Waals surface area contributed by atoms with Gasteiger partial charge in [0.2, 0.25) is 0 Å². The molecule has 4 aliphatic carbocycles. The Morgan fingerprint density at radius 1 is 1.31 bits per heavy atom. The second kappa shape index (κ2) is 3.29. The van der Waals surface area contributed by atoms with Crippen molar-refractivity contribution in [2.24, 2.45) is 29.6 Å². The molecule has 4 aliphatic rings. The molecule has 0 saturated heterocycles. The molecule has 0 unspecified atom stereocenters. The van der Waals surface area contributed by atoms with Crippen LogP contribution >= 0.6 is 0 Å². The average molecular weight is 224 g/mol. The summed E-state index contributed by atoms with van der Waals surface area (Å²) in [7, 11) is 1.35. The Balaban J connectivity index is 1.97. The summed E-state index contributed by atoms with van der Waals surface area (Å²) in [4.78, 5) is 23.8. The van der Waals surface area contributed by atoms with Crippen molar-refractivity contribution in [3.63, 3.8) is 0 Å². The molecule has 0 heterocycles. The molecule has 0 amide bonds.